The molecule has 0 spiro atoms. The van der Waals surface area contributed by atoms with Crippen molar-refractivity contribution in [2.24, 2.45) is 0 Å². The number of rotatable bonds is 4. The first kappa shape index (κ1) is 9.23. The molecule has 1 aromatic heterocycles. The van der Waals surface area contributed by atoms with Crippen LogP contribution in [0.25, 0.3) is 0 Å². The van der Waals surface area contributed by atoms with Gasteiger partial charge in [0.05, 0.1) is 19.2 Å². The fourth-order valence-electron chi connectivity index (χ4n) is 1.85. The maximum absolute atomic E-state index is 5.34. The average Bonchev–Trinajstić information content (AvgIpc) is 2.79. The molecule has 82 valence electrons. The van der Waals surface area contributed by atoms with Crippen molar-refractivity contribution >= 4 is 0 Å². The first-order chi connectivity index (χ1) is 7.43. The Morgan fingerprint density at radius 1 is 1.40 bits per heavy atom. The molecule has 2 heterocycles. The van der Waals surface area contributed by atoms with E-state index in [1.807, 2.05) is 4.68 Å². The molecule has 0 amide bonds. The van der Waals surface area contributed by atoms with Gasteiger partial charge in [-0.05, 0) is 29.7 Å². The molecule has 3 rings (SSSR count). The number of hydrogen-bond donors (Lipinski definition) is 1. The molecule has 1 aliphatic carbocycles. The van der Waals surface area contributed by atoms with Gasteiger partial charge in [-0.2, -0.15) is 0 Å². The Morgan fingerprint density at radius 3 is 3.07 bits per heavy atom. The minimum Gasteiger partial charge on any atom is -0.379 e. The fraction of sp³-hybridized carbons (Fsp3) is 0.889. The maximum atomic E-state index is 5.34. The zero-order valence-electron chi connectivity index (χ0n) is 8.59. The van der Waals surface area contributed by atoms with E-state index in [1.54, 1.807) is 0 Å². The minimum atomic E-state index is 0.330. The summed E-state index contributed by atoms with van der Waals surface area (Å²) in [5, 5.41) is 15.2. The van der Waals surface area contributed by atoms with Crippen molar-refractivity contribution in [3.63, 3.8) is 0 Å². The smallest absolute Gasteiger partial charge is 0.165 e. The highest BCUT2D eigenvalue weighted by Crippen LogP contribution is 2.21. The Bertz CT molecular complexity index is 329. The number of nitrogens with one attached hydrogen (secondary N) is 1. The summed E-state index contributed by atoms with van der Waals surface area (Å²) < 4.78 is 7.24. The summed E-state index contributed by atoms with van der Waals surface area (Å²) in [4.78, 5) is 0. The van der Waals surface area contributed by atoms with Gasteiger partial charge in [0.15, 0.2) is 5.82 Å². The molecule has 1 saturated carbocycles. The first-order valence-corrected chi connectivity index (χ1v) is 5.51. The molecule has 1 N–H and O–H groups in total. The van der Waals surface area contributed by atoms with Gasteiger partial charge in [0.25, 0.3) is 0 Å². The number of nitrogens with zero attached hydrogens (tertiary/aromatic N) is 4. The summed E-state index contributed by atoms with van der Waals surface area (Å²) in [5.74, 6) is 0.928. The zero-order valence-corrected chi connectivity index (χ0v) is 8.59. The van der Waals surface area contributed by atoms with Crippen LogP contribution in [0.1, 0.15) is 31.1 Å². The van der Waals surface area contributed by atoms with Crippen LogP contribution in [0.2, 0.25) is 0 Å². The quantitative estimate of drug-likeness (QED) is 0.749. The van der Waals surface area contributed by atoms with Gasteiger partial charge < -0.3 is 10.1 Å². The van der Waals surface area contributed by atoms with Crippen molar-refractivity contribution in [1.82, 2.24) is 25.5 Å². The first-order valence-electron chi connectivity index (χ1n) is 5.51. The monoisotopic (exact) mass is 209 g/mol. The summed E-state index contributed by atoms with van der Waals surface area (Å²) >= 11 is 0. The van der Waals surface area contributed by atoms with E-state index >= 15 is 0 Å². The lowest BCUT2D eigenvalue weighted by Crippen LogP contribution is -2.21. The Labute approximate surface area is 88.0 Å². The lowest BCUT2D eigenvalue weighted by Gasteiger charge is -2.09. The second kappa shape index (κ2) is 3.86. The molecule has 1 aromatic rings. The molecular weight excluding hydrogens is 194 g/mol. The van der Waals surface area contributed by atoms with Gasteiger partial charge >= 0.3 is 0 Å². The van der Waals surface area contributed by atoms with Crippen LogP contribution in [0.3, 0.4) is 0 Å². The summed E-state index contributed by atoms with van der Waals surface area (Å²) in [6, 6.07) is 1.02. The highest BCUT2D eigenvalue weighted by molar-refractivity contribution is 4.89. The molecule has 2 fully saturated rings. The van der Waals surface area contributed by atoms with Crippen molar-refractivity contribution in [1.29, 1.82) is 0 Å². The molecule has 0 bridgehead atoms. The SMILES string of the molecule is C1CC(n2nnnc2CNC2CC2)CO1. The Kier molecular flexibility index (Phi) is 2.38. The van der Waals surface area contributed by atoms with Crippen molar-refractivity contribution < 1.29 is 4.74 Å². The van der Waals surface area contributed by atoms with Gasteiger partial charge in [-0.1, -0.05) is 0 Å². The van der Waals surface area contributed by atoms with Crippen molar-refractivity contribution in [3.05, 3.63) is 5.82 Å². The molecule has 2 aliphatic rings. The van der Waals surface area contributed by atoms with Crippen LogP contribution < -0.4 is 5.32 Å². The number of ether oxygens (including phenoxy) is 1. The van der Waals surface area contributed by atoms with Crippen LogP contribution in [0.15, 0.2) is 0 Å². The summed E-state index contributed by atoms with van der Waals surface area (Å²) in [6.45, 7) is 2.33. The zero-order chi connectivity index (χ0) is 10.1. The molecular formula is C9H15N5O. The number of aromatic nitrogens is 4. The highest BCUT2D eigenvalue weighted by atomic mass is 16.5. The Hall–Kier alpha value is -1.01. The Balaban J connectivity index is 1.67. The second-order valence-electron chi connectivity index (χ2n) is 4.21. The van der Waals surface area contributed by atoms with E-state index in [-0.39, 0.29) is 0 Å². The van der Waals surface area contributed by atoms with E-state index in [1.165, 1.54) is 12.8 Å². The molecule has 15 heavy (non-hydrogen) atoms. The van der Waals surface area contributed by atoms with Gasteiger partial charge in [-0.3, -0.25) is 0 Å². The van der Waals surface area contributed by atoms with E-state index in [0.29, 0.717) is 12.1 Å². The van der Waals surface area contributed by atoms with Gasteiger partial charge in [-0.15, -0.1) is 5.10 Å². The molecule has 1 saturated heterocycles. The second-order valence-corrected chi connectivity index (χ2v) is 4.21. The van der Waals surface area contributed by atoms with E-state index in [2.05, 4.69) is 20.8 Å². The van der Waals surface area contributed by atoms with Crippen LogP contribution in [0.4, 0.5) is 0 Å². The van der Waals surface area contributed by atoms with E-state index in [9.17, 15) is 0 Å². The predicted molar refractivity (Wildman–Crippen MR) is 52.2 cm³/mol. The lowest BCUT2D eigenvalue weighted by atomic mass is 10.3. The Morgan fingerprint density at radius 2 is 2.33 bits per heavy atom. The third-order valence-corrected chi connectivity index (χ3v) is 2.94. The van der Waals surface area contributed by atoms with Gasteiger partial charge in [-0.25, -0.2) is 4.68 Å². The number of hydrogen-bond acceptors (Lipinski definition) is 5. The highest BCUT2D eigenvalue weighted by Gasteiger charge is 2.24. The average molecular weight is 209 g/mol. The van der Waals surface area contributed by atoms with E-state index in [0.717, 1.165) is 32.0 Å². The third-order valence-electron chi connectivity index (χ3n) is 2.94. The molecule has 6 heteroatoms. The van der Waals surface area contributed by atoms with Gasteiger partial charge in [0.2, 0.25) is 0 Å². The molecule has 1 unspecified atom stereocenters. The van der Waals surface area contributed by atoms with Crippen LogP contribution in [0, 0.1) is 0 Å². The standard InChI is InChI=1S/C9H15N5O/c1-2-7(1)10-5-9-11-12-13-14(9)8-3-4-15-6-8/h7-8,10H,1-6H2. The van der Waals surface area contributed by atoms with Gasteiger partial charge in [0.1, 0.15) is 0 Å². The summed E-state index contributed by atoms with van der Waals surface area (Å²) in [6.07, 6.45) is 3.59. The molecule has 0 radical (unpaired) electrons. The van der Waals surface area contributed by atoms with Gasteiger partial charge in [0, 0.05) is 12.6 Å². The van der Waals surface area contributed by atoms with Crippen molar-refractivity contribution in [2.45, 2.75) is 37.9 Å². The van der Waals surface area contributed by atoms with Crippen LogP contribution in [0.5, 0.6) is 0 Å². The van der Waals surface area contributed by atoms with Crippen molar-refractivity contribution in [2.75, 3.05) is 13.2 Å². The van der Waals surface area contributed by atoms with Crippen LogP contribution in [-0.4, -0.2) is 39.5 Å². The molecule has 1 aliphatic heterocycles. The molecule has 6 nitrogen and oxygen atoms in total. The number of tetrazole rings is 1. The lowest BCUT2D eigenvalue weighted by molar-refractivity contribution is 0.183. The summed E-state index contributed by atoms with van der Waals surface area (Å²) in [7, 11) is 0. The largest absolute Gasteiger partial charge is 0.379 e. The minimum absolute atomic E-state index is 0.330. The summed E-state index contributed by atoms with van der Waals surface area (Å²) in [5.41, 5.74) is 0. The van der Waals surface area contributed by atoms with Crippen LogP contribution in [-0.2, 0) is 11.3 Å². The van der Waals surface area contributed by atoms with Crippen LogP contribution >= 0.6 is 0 Å². The fourth-order valence-corrected chi connectivity index (χ4v) is 1.85. The molecule has 1 atom stereocenters. The van der Waals surface area contributed by atoms with E-state index < -0.39 is 0 Å². The predicted octanol–water partition coefficient (Wildman–Crippen LogP) is -0.114. The molecule has 0 aromatic carbocycles. The van der Waals surface area contributed by atoms with Crippen molar-refractivity contribution in [3.8, 4) is 0 Å². The maximum Gasteiger partial charge on any atom is 0.165 e. The normalized spacial score (nSPS) is 26.0. The third kappa shape index (κ3) is 2.00. The van der Waals surface area contributed by atoms with E-state index in [4.69, 9.17) is 4.74 Å². The topological polar surface area (TPSA) is 64.9 Å².